The van der Waals surface area contributed by atoms with Gasteiger partial charge in [0.1, 0.15) is 14.1 Å². The highest BCUT2D eigenvalue weighted by Crippen LogP contribution is 2.19. The third-order valence-electron chi connectivity index (χ3n) is 2.95. The lowest BCUT2D eigenvalue weighted by molar-refractivity contribution is -0.458. The van der Waals surface area contributed by atoms with E-state index in [1.165, 1.54) is 11.3 Å². The van der Waals surface area contributed by atoms with Crippen LogP contribution in [0.3, 0.4) is 0 Å². The maximum atomic E-state index is 5.42. The molecule has 0 unspecified atom stereocenters. The Balaban J connectivity index is 2.28. The van der Waals surface area contributed by atoms with Gasteiger partial charge in [0, 0.05) is 19.2 Å². The third kappa shape index (κ3) is 3.44. The van der Waals surface area contributed by atoms with Gasteiger partial charge in [-0.1, -0.05) is 30.3 Å². The zero-order chi connectivity index (χ0) is 12.8. The van der Waals surface area contributed by atoms with Crippen LogP contribution >= 0.6 is 0 Å². The average molecular weight is 245 g/mol. The molecule has 3 heteroatoms. The van der Waals surface area contributed by atoms with E-state index in [9.17, 15) is 0 Å². The largest absolute Gasteiger partial charge is 0.378 e. The second kappa shape index (κ2) is 6.36. The topological polar surface area (TPSA) is 15.5 Å². The quantitative estimate of drug-likeness (QED) is 0.595. The first kappa shape index (κ1) is 12.8. The van der Waals surface area contributed by atoms with Gasteiger partial charge in [0.2, 0.25) is 0 Å². The monoisotopic (exact) mass is 245 g/mol. The van der Waals surface area contributed by atoms with Crippen molar-refractivity contribution in [1.29, 1.82) is 0 Å². The molecule has 0 bridgehead atoms. The molecule has 1 saturated heterocycles. The highest BCUT2D eigenvalue weighted by molar-refractivity contribution is 5.81. The Morgan fingerprint density at radius 2 is 1.83 bits per heavy atom. The fourth-order valence-electron chi connectivity index (χ4n) is 2.02. The highest BCUT2D eigenvalue weighted by atomic mass is 16.5. The van der Waals surface area contributed by atoms with Gasteiger partial charge in [-0.2, -0.15) is 0 Å². The molecule has 1 aliphatic heterocycles. The lowest BCUT2D eigenvalue weighted by Crippen LogP contribution is -2.35. The number of benzene rings is 1. The SMILES string of the molecule is C[N+](C)=C/C=C(/c1ccccc1)N1CCOCC1. The predicted octanol–water partition coefficient (Wildman–Crippen LogP) is 1.70. The van der Waals surface area contributed by atoms with E-state index in [0.29, 0.717) is 0 Å². The van der Waals surface area contributed by atoms with Gasteiger partial charge >= 0.3 is 0 Å². The number of allylic oxidation sites excluding steroid dienone is 1. The van der Waals surface area contributed by atoms with E-state index >= 15 is 0 Å². The van der Waals surface area contributed by atoms with Crippen molar-refractivity contribution in [2.75, 3.05) is 40.4 Å². The van der Waals surface area contributed by atoms with Crippen molar-refractivity contribution >= 4 is 11.9 Å². The molecule has 2 rings (SSSR count). The van der Waals surface area contributed by atoms with Crippen molar-refractivity contribution in [3.8, 4) is 0 Å². The lowest BCUT2D eigenvalue weighted by Gasteiger charge is -2.30. The molecule has 1 aliphatic rings. The van der Waals surface area contributed by atoms with Crippen molar-refractivity contribution in [1.82, 2.24) is 4.90 Å². The van der Waals surface area contributed by atoms with Gasteiger partial charge in [-0.15, -0.1) is 0 Å². The predicted molar refractivity (Wildman–Crippen MR) is 75.0 cm³/mol. The first-order valence-corrected chi connectivity index (χ1v) is 6.37. The second-order valence-corrected chi connectivity index (χ2v) is 4.63. The van der Waals surface area contributed by atoms with Crippen molar-refractivity contribution in [2.24, 2.45) is 0 Å². The molecule has 3 nitrogen and oxygen atoms in total. The zero-order valence-corrected chi connectivity index (χ0v) is 11.2. The minimum Gasteiger partial charge on any atom is -0.378 e. The second-order valence-electron chi connectivity index (χ2n) is 4.63. The summed E-state index contributed by atoms with van der Waals surface area (Å²) < 4.78 is 7.48. The standard InChI is InChI=1S/C15H21N2O/c1-16(2)9-8-15(14-6-4-3-5-7-14)17-10-12-18-13-11-17/h3-9H,10-13H2,1-2H3/q+1. The summed E-state index contributed by atoms with van der Waals surface area (Å²) in [6.07, 6.45) is 4.28. The fraction of sp³-hybridized carbons (Fsp3) is 0.400. The van der Waals surface area contributed by atoms with Gasteiger partial charge in [-0.05, 0) is 5.56 Å². The molecule has 0 N–H and O–H groups in total. The maximum absolute atomic E-state index is 5.42. The van der Waals surface area contributed by atoms with Gasteiger partial charge < -0.3 is 9.64 Å². The van der Waals surface area contributed by atoms with Crippen LogP contribution in [0.1, 0.15) is 5.56 Å². The number of ether oxygens (including phenoxy) is 1. The minimum atomic E-state index is 0.812. The Morgan fingerprint density at radius 3 is 2.44 bits per heavy atom. The fourth-order valence-corrected chi connectivity index (χ4v) is 2.02. The molecule has 1 aromatic carbocycles. The van der Waals surface area contributed by atoms with Crippen LogP contribution < -0.4 is 0 Å². The summed E-state index contributed by atoms with van der Waals surface area (Å²) in [5, 5.41) is 0. The molecule has 0 amide bonds. The van der Waals surface area contributed by atoms with E-state index in [4.69, 9.17) is 4.74 Å². The van der Waals surface area contributed by atoms with Gasteiger partial charge in [-0.3, -0.25) is 0 Å². The molecule has 0 spiro atoms. The molecule has 0 radical (unpaired) electrons. The molecule has 0 saturated carbocycles. The Hall–Kier alpha value is -1.61. The van der Waals surface area contributed by atoms with Gasteiger partial charge in [0.25, 0.3) is 0 Å². The van der Waals surface area contributed by atoms with Crippen LogP contribution in [0.2, 0.25) is 0 Å². The van der Waals surface area contributed by atoms with E-state index in [2.05, 4.69) is 52.1 Å². The number of nitrogens with zero attached hydrogens (tertiary/aromatic N) is 2. The summed E-state index contributed by atoms with van der Waals surface area (Å²) in [4.78, 5) is 2.39. The Kier molecular flexibility index (Phi) is 4.53. The van der Waals surface area contributed by atoms with Crippen LogP contribution in [0, 0.1) is 0 Å². The molecule has 1 aromatic rings. The van der Waals surface area contributed by atoms with Crippen molar-refractivity contribution < 1.29 is 9.31 Å². The normalized spacial score (nSPS) is 16.6. The smallest absolute Gasteiger partial charge is 0.164 e. The minimum absolute atomic E-state index is 0.812. The molecule has 1 heterocycles. The zero-order valence-electron chi connectivity index (χ0n) is 11.2. The molecule has 0 aliphatic carbocycles. The molecular weight excluding hydrogens is 224 g/mol. The van der Waals surface area contributed by atoms with Crippen molar-refractivity contribution in [3.05, 3.63) is 42.0 Å². The first-order chi connectivity index (χ1) is 8.77. The Labute approximate surface area is 109 Å². The van der Waals surface area contributed by atoms with E-state index in [-0.39, 0.29) is 0 Å². The summed E-state index contributed by atoms with van der Waals surface area (Å²) in [6.45, 7) is 3.54. The van der Waals surface area contributed by atoms with Crippen molar-refractivity contribution in [2.45, 2.75) is 0 Å². The molecular formula is C15H21N2O+. The number of hydrogen-bond acceptors (Lipinski definition) is 2. The Bertz CT molecular complexity index is 427. The van der Waals surface area contributed by atoms with Crippen molar-refractivity contribution in [3.63, 3.8) is 0 Å². The number of rotatable bonds is 3. The maximum Gasteiger partial charge on any atom is 0.164 e. The van der Waals surface area contributed by atoms with E-state index < -0.39 is 0 Å². The van der Waals surface area contributed by atoms with Crippen LogP contribution in [0.5, 0.6) is 0 Å². The van der Waals surface area contributed by atoms with Crippen LogP contribution in [-0.4, -0.2) is 56.1 Å². The summed E-state index contributed by atoms with van der Waals surface area (Å²) >= 11 is 0. The first-order valence-electron chi connectivity index (χ1n) is 6.37. The molecule has 1 fully saturated rings. The average Bonchev–Trinajstić information content (AvgIpc) is 2.41. The summed E-state index contributed by atoms with van der Waals surface area (Å²) in [6, 6.07) is 10.5. The highest BCUT2D eigenvalue weighted by Gasteiger charge is 2.14. The van der Waals surface area contributed by atoms with E-state index in [1.54, 1.807) is 0 Å². The van der Waals surface area contributed by atoms with Gasteiger partial charge in [0.15, 0.2) is 6.21 Å². The number of hydrogen-bond donors (Lipinski definition) is 0. The number of morpholine rings is 1. The molecule has 0 atom stereocenters. The van der Waals surface area contributed by atoms with Gasteiger partial charge in [-0.25, -0.2) is 4.58 Å². The lowest BCUT2D eigenvalue weighted by atomic mass is 10.1. The van der Waals surface area contributed by atoms with Crippen LogP contribution in [-0.2, 0) is 4.74 Å². The van der Waals surface area contributed by atoms with E-state index in [0.717, 1.165) is 26.3 Å². The summed E-state index contributed by atoms with van der Waals surface area (Å²) in [5.41, 5.74) is 2.53. The summed E-state index contributed by atoms with van der Waals surface area (Å²) in [7, 11) is 4.08. The molecule has 0 aromatic heterocycles. The Morgan fingerprint density at radius 1 is 1.17 bits per heavy atom. The van der Waals surface area contributed by atoms with Gasteiger partial charge in [0.05, 0.1) is 18.9 Å². The van der Waals surface area contributed by atoms with Crippen LogP contribution in [0.4, 0.5) is 0 Å². The third-order valence-corrected chi connectivity index (χ3v) is 2.95. The van der Waals surface area contributed by atoms with Crippen LogP contribution in [0.25, 0.3) is 5.70 Å². The molecule has 96 valence electrons. The van der Waals surface area contributed by atoms with E-state index in [1.807, 2.05) is 14.1 Å². The summed E-state index contributed by atoms with van der Waals surface area (Å²) in [5.74, 6) is 0. The molecule has 18 heavy (non-hydrogen) atoms. The van der Waals surface area contributed by atoms with Crippen LogP contribution in [0.15, 0.2) is 36.4 Å².